The van der Waals surface area contributed by atoms with Gasteiger partial charge in [0.15, 0.2) is 9.84 Å². The summed E-state index contributed by atoms with van der Waals surface area (Å²) in [6, 6.07) is 0. The molecule has 2 atom stereocenters. The number of nitrogens with zero attached hydrogens (tertiary/aromatic N) is 1. The zero-order chi connectivity index (χ0) is 13.2. The van der Waals surface area contributed by atoms with E-state index in [1.807, 2.05) is 0 Å². The number of carbonyl (C=O) groups is 1. The van der Waals surface area contributed by atoms with Crippen molar-refractivity contribution in [2.45, 2.75) is 19.3 Å². The molecule has 0 aromatic heterocycles. The van der Waals surface area contributed by atoms with Crippen LogP contribution in [0.3, 0.4) is 0 Å². The molecule has 0 aromatic rings. The monoisotopic (exact) mass is 275 g/mol. The molecule has 2 saturated heterocycles. The van der Waals surface area contributed by atoms with Gasteiger partial charge in [0, 0.05) is 6.54 Å². The molecule has 2 aliphatic heterocycles. The number of hydrogen-bond acceptors (Lipinski definition) is 5. The van der Waals surface area contributed by atoms with Gasteiger partial charge in [-0.15, -0.1) is 0 Å². The van der Waals surface area contributed by atoms with Gasteiger partial charge in [0.25, 0.3) is 0 Å². The van der Waals surface area contributed by atoms with Gasteiger partial charge in [-0.25, -0.2) is 8.42 Å². The van der Waals surface area contributed by atoms with Crippen molar-refractivity contribution in [3.8, 4) is 0 Å². The Labute approximate surface area is 108 Å². The van der Waals surface area contributed by atoms with Gasteiger partial charge in [-0.05, 0) is 38.3 Å². The standard InChI is InChI=1S/C12H21NO4S/c1-17-12(14)11(8-13-5-2-3-6-13)10-4-7-18(15,16)9-10/h10-11H,2-9H2,1H3. The van der Waals surface area contributed by atoms with E-state index in [2.05, 4.69) is 4.90 Å². The average Bonchev–Trinajstić information content (AvgIpc) is 2.94. The van der Waals surface area contributed by atoms with Gasteiger partial charge >= 0.3 is 5.97 Å². The van der Waals surface area contributed by atoms with E-state index in [0.717, 1.165) is 25.9 Å². The first-order chi connectivity index (χ1) is 8.52. The summed E-state index contributed by atoms with van der Waals surface area (Å²) in [5, 5.41) is 0. The van der Waals surface area contributed by atoms with Crippen molar-refractivity contribution in [3.05, 3.63) is 0 Å². The molecule has 0 aromatic carbocycles. The van der Waals surface area contributed by atoms with Crippen LogP contribution in [0.5, 0.6) is 0 Å². The summed E-state index contributed by atoms with van der Waals surface area (Å²) in [6.07, 6.45) is 2.92. The molecule has 0 spiro atoms. The number of hydrogen-bond donors (Lipinski definition) is 0. The molecule has 0 amide bonds. The third kappa shape index (κ3) is 3.23. The second-order valence-corrected chi connectivity index (χ2v) is 7.53. The molecule has 2 rings (SSSR count). The van der Waals surface area contributed by atoms with Crippen LogP contribution in [0.2, 0.25) is 0 Å². The van der Waals surface area contributed by atoms with Gasteiger partial charge in [-0.2, -0.15) is 0 Å². The van der Waals surface area contributed by atoms with Gasteiger partial charge in [-0.3, -0.25) is 4.79 Å². The van der Waals surface area contributed by atoms with Crippen molar-refractivity contribution >= 4 is 15.8 Å². The second-order valence-electron chi connectivity index (χ2n) is 5.30. The van der Waals surface area contributed by atoms with Crippen LogP contribution < -0.4 is 0 Å². The molecule has 5 nitrogen and oxygen atoms in total. The molecule has 2 aliphatic rings. The third-order valence-corrected chi connectivity index (χ3v) is 5.79. The number of carbonyl (C=O) groups excluding carboxylic acids is 1. The Balaban J connectivity index is 2.03. The highest BCUT2D eigenvalue weighted by molar-refractivity contribution is 7.91. The van der Waals surface area contributed by atoms with Crippen molar-refractivity contribution in [2.24, 2.45) is 11.8 Å². The number of methoxy groups -OCH3 is 1. The number of likely N-dealkylation sites (tertiary alicyclic amines) is 1. The molecule has 18 heavy (non-hydrogen) atoms. The molecule has 0 radical (unpaired) electrons. The molecule has 0 aliphatic carbocycles. The van der Waals surface area contributed by atoms with Crippen LogP contribution in [0, 0.1) is 11.8 Å². The van der Waals surface area contributed by atoms with Crippen LogP contribution in [0.4, 0.5) is 0 Å². The average molecular weight is 275 g/mol. The van der Waals surface area contributed by atoms with E-state index >= 15 is 0 Å². The highest BCUT2D eigenvalue weighted by atomic mass is 32.2. The molecule has 104 valence electrons. The lowest BCUT2D eigenvalue weighted by atomic mass is 9.91. The maximum atomic E-state index is 11.9. The minimum Gasteiger partial charge on any atom is -0.469 e. The van der Waals surface area contributed by atoms with Crippen molar-refractivity contribution in [3.63, 3.8) is 0 Å². The zero-order valence-electron chi connectivity index (χ0n) is 10.8. The minimum absolute atomic E-state index is 0.0666. The van der Waals surface area contributed by atoms with E-state index in [-0.39, 0.29) is 29.3 Å². The Hall–Kier alpha value is -0.620. The van der Waals surface area contributed by atoms with Crippen molar-refractivity contribution in [2.75, 3.05) is 38.2 Å². The molecule has 2 heterocycles. The fourth-order valence-electron chi connectivity index (χ4n) is 2.95. The van der Waals surface area contributed by atoms with E-state index in [1.54, 1.807) is 0 Å². The van der Waals surface area contributed by atoms with E-state index in [0.29, 0.717) is 13.0 Å². The normalized spacial score (nSPS) is 29.3. The first kappa shape index (κ1) is 13.8. The molecule has 0 saturated carbocycles. The van der Waals surface area contributed by atoms with Gasteiger partial charge in [0.1, 0.15) is 0 Å². The first-order valence-corrected chi connectivity index (χ1v) is 8.34. The fourth-order valence-corrected chi connectivity index (χ4v) is 4.83. The lowest BCUT2D eigenvalue weighted by Crippen LogP contribution is -2.37. The summed E-state index contributed by atoms with van der Waals surface area (Å²) < 4.78 is 27.9. The van der Waals surface area contributed by atoms with Gasteiger partial charge in [0.05, 0.1) is 24.5 Å². The Morgan fingerprint density at radius 2 is 2.06 bits per heavy atom. The molecule has 0 N–H and O–H groups in total. The van der Waals surface area contributed by atoms with Crippen molar-refractivity contribution < 1.29 is 17.9 Å². The Morgan fingerprint density at radius 3 is 2.56 bits per heavy atom. The molecule has 6 heteroatoms. The fraction of sp³-hybridized carbons (Fsp3) is 0.917. The Morgan fingerprint density at radius 1 is 1.39 bits per heavy atom. The molecule has 0 bridgehead atoms. The molecule has 2 fully saturated rings. The SMILES string of the molecule is COC(=O)C(CN1CCCC1)C1CCS(=O)(=O)C1. The van der Waals surface area contributed by atoms with E-state index in [1.165, 1.54) is 7.11 Å². The van der Waals surface area contributed by atoms with Crippen LogP contribution in [0.25, 0.3) is 0 Å². The van der Waals surface area contributed by atoms with Crippen LogP contribution in [-0.2, 0) is 19.4 Å². The summed E-state index contributed by atoms with van der Waals surface area (Å²) in [5.41, 5.74) is 0. The van der Waals surface area contributed by atoms with E-state index in [9.17, 15) is 13.2 Å². The lowest BCUT2D eigenvalue weighted by Gasteiger charge is -2.25. The van der Waals surface area contributed by atoms with Crippen LogP contribution in [0.1, 0.15) is 19.3 Å². The predicted molar refractivity (Wildman–Crippen MR) is 67.9 cm³/mol. The summed E-state index contributed by atoms with van der Waals surface area (Å²) in [5.74, 6) is -0.261. The van der Waals surface area contributed by atoms with Gasteiger partial charge in [-0.1, -0.05) is 0 Å². The quantitative estimate of drug-likeness (QED) is 0.691. The van der Waals surface area contributed by atoms with Crippen LogP contribution in [-0.4, -0.2) is 57.5 Å². The topological polar surface area (TPSA) is 63.7 Å². The number of ether oxygens (including phenoxy) is 1. The van der Waals surface area contributed by atoms with Crippen molar-refractivity contribution in [1.82, 2.24) is 4.90 Å². The van der Waals surface area contributed by atoms with E-state index in [4.69, 9.17) is 4.74 Å². The molecule has 2 unspecified atom stereocenters. The first-order valence-electron chi connectivity index (χ1n) is 6.52. The maximum Gasteiger partial charge on any atom is 0.310 e. The summed E-state index contributed by atoms with van der Waals surface area (Å²) >= 11 is 0. The highest BCUT2D eigenvalue weighted by Gasteiger charge is 2.38. The minimum atomic E-state index is -2.94. The van der Waals surface area contributed by atoms with Crippen molar-refractivity contribution in [1.29, 1.82) is 0 Å². The third-order valence-electron chi connectivity index (χ3n) is 3.99. The van der Waals surface area contributed by atoms with Gasteiger partial charge < -0.3 is 9.64 Å². The Bertz CT molecular complexity index is 400. The van der Waals surface area contributed by atoms with Crippen LogP contribution >= 0.6 is 0 Å². The zero-order valence-corrected chi connectivity index (χ0v) is 11.6. The molecular formula is C12H21NO4S. The highest BCUT2D eigenvalue weighted by Crippen LogP contribution is 2.28. The number of rotatable bonds is 4. The van der Waals surface area contributed by atoms with Crippen LogP contribution in [0.15, 0.2) is 0 Å². The number of sulfone groups is 1. The summed E-state index contributed by atoms with van der Waals surface area (Å²) in [6.45, 7) is 2.66. The molecular weight excluding hydrogens is 254 g/mol. The summed E-state index contributed by atoms with van der Waals surface area (Å²) in [7, 11) is -1.56. The summed E-state index contributed by atoms with van der Waals surface area (Å²) in [4.78, 5) is 14.1. The van der Waals surface area contributed by atoms with Gasteiger partial charge in [0.2, 0.25) is 0 Å². The van der Waals surface area contributed by atoms with E-state index < -0.39 is 9.84 Å². The predicted octanol–water partition coefficient (Wildman–Crippen LogP) is 0.306. The Kier molecular flexibility index (Phi) is 4.27. The maximum absolute atomic E-state index is 11.9. The second kappa shape index (κ2) is 5.57. The lowest BCUT2D eigenvalue weighted by molar-refractivity contribution is -0.147. The largest absolute Gasteiger partial charge is 0.469 e. The smallest absolute Gasteiger partial charge is 0.310 e. The number of esters is 1.